The van der Waals surface area contributed by atoms with Gasteiger partial charge in [-0.15, -0.1) is 0 Å². The van der Waals surface area contributed by atoms with Crippen molar-refractivity contribution in [3.63, 3.8) is 0 Å². The maximum absolute atomic E-state index is 11.3. The summed E-state index contributed by atoms with van der Waals surface area (Å²) in [5.74, 6) is 0. The smallest absolute Gasteiger partial charge is 0.336 e. The lowest BCUT2D eigenvalue weighted by atomic mass is 10.3. The summed E-state index contributed by atoms with van der Waals surface area (Å²) in [7, 11) is 3.29. The molecule has 1 aromatic carbocycles. The minimum absolute atomic E-state index is 0.186. The van der Waals surface area contributed by atoms with Gasteiger partial charge in [-0.3, -0.25) is 0 Å². The number of nitrogens with one attached hydrogen (secondary N) is 2. The van der Waals surface area contributed by atoms with Gasteiger partial charge in [-0.1, -0.05) is 18.2 Å². The highest BCUT2D eigenvalue weighted by molar-refractivity contribution is 5.90. The maximum Gasteiger partial charge on any atom is 0.336 e. The lowest BCUT2D eigenvalue weighted by Crippen LogP contribution is -2.45. The van der Waals surface area contributed by atoms with Crippen LogP contribution >= 0.6 is 0 Å². The SMILES string of the molecule is CNC(=O)N(NC)c1ccccc1. The molecular formula is C9H13N3O. The van der Waals surface area contributed by atoms with Gasteiger partial charge in [-0.25, -0.2) is 15.2 Å². The first-order valence-corrected chi connectivity index (χ1v) is 4.04. The Labute approximate surface area is 77.5 Å². The second-order valence-corrected chi connectivity index (χ2v) is 2.45. The van der Waals surface area contributed by atoms with E-state index < -0.39 is 0 Å². The molecule has 0 unspecified atom stereocenters. The van der Waals surface area contributed by atoms with Crippen molar-refractivity contribution in [3.8, 4) is 0 Å². The molecule has 0 radical (unpaired) electrons. The number of anilines is 1. The van der Waals surface area contributed by atoms with E-state index in [9.17, 15) is 4.79 Å². The third-order valence-corrected chi connectivity index (χ3v) is 1.65. The first-order chi connectivity index (χ1) is 6.29. The Hall–Kier alpha value is -1.55. The van der Waals surface area contributed by atoms with E-state index >= 15 is 0 Å². The average Bonchev–Trinajstić information content (AvgIpc) is 2.20. The summed E-state index contributed by atoms with van der Waals surface area (Å²) in [5, 5.41) is 3.97. The number of amides is 2. The van der Waals surface area contributed by atoms with Crippen LogP contribution in [0.2, 0.25) is 0 Å². The van der Waals surface area contributed by atoms with Crippen molar-refractivity contribution in [2.75, 3.05) is 19.1 Å². The summed E-state index contributed by atoms with van der Waals surface area (Å²) in [6.07, 6.45) is 0. The zero-order chi connectivity index (χ0) is 9.68. The predicted molar refractivity (Wildman–Crippen MR) is 52.4 cm³/mol. The Balaban J connectivity index is 2.85. The molecule has 0 heterocycles. The van der Waals surface area contributed by atoms with E-state index in [1.54, 1.807) is 14.1 Å². The second kappa shape index (κ2) is 4.47. The molecule has 0 aromatic heterocycles. The number of urea groups is 1. The first-order valence-electron chi connectivity index (χ1n) is 4.04. The van der Waals surface area contributed by atoms with E-state index in [2.05, 4.69) is 10.7 Å². The Kier molecular flexibility index (Phi) is 3.28. The molecule has 4 nitrogen and oxygen atoms in total. The van der Waals surface area contributed by atoms with Crippen LogP contribution in [0.4, 0.5) is 10.5 Å². The molecule has 0 saturated carbocycles. The average molecular weight is 179 g/mol. The van der Waals surface area contributed by atoms with Crippen molar-refractivity contribution in [2.45, 2.75) is 0 Å². The Bertz CT molecular complexity index is 273. The summed E-state index contributed by atoms with van der Waals surface area (Å²) in [6.45, 7) is 0. The van der Waals surface area contributed by atoms with Crippen LogP contribution in [-0.4, -0.2) is 20.1 Å². The fourth-order valence-electron chi connectivity index (χ4n) is 1.04. The van der Waals surface area contributed by atoms with E-state index in [0.717, 1.165) is 5.69 Å². The summed E-state index contributed by atoms with van der Waals surface area (Å²) in [6, 6.07) is 9.18. The first kappa shape index (κ1) is 9.54. The quantitative estimate of drug-likeness (QED) is 0.664. The van der Waals surface area contributed by atoms with Crippen molar-refractivity contribution in [2.24, 2.45) is 0 Å². The molecule has 0 aliphatic heterocycles. The number of carbonyl (C=O) groups is 1. The molecule has 13 heavy (non-hydrogen) atoms. The topological polar surface area (TPSA) is 44.4 Å². The van der Waals surface area contributed by atoms with Crippen molar-refractivity contribution in [1.29, 1.82) is 0 Å². The van der Waals surface area contributed by atoms with Gasteiger partial charge in [0.05, 0.1) is 5.69 Å². The maximum atomic E-state index is 11.3. The molecule has 70 valence electrons. The van der Waals surface area contributed by atoms with E-state index in [1.807, 2.05) is 30.3 Å². The molecule has 0 saturated heterocycles. The fourth-order valence-corrected chi connectivity index (χ4v) is 1.04. The number of hydrogen-bond donors (Lipinski definition) is 2. The normalized spacial score (nSPS) is 9.38. The van der Waals surface area contributed by atoms with Crippen LogP contribution in [0.1, 0.15) is 0 Å². The van der Waals surface area contributed by atoms with E-state index in [0.29, 0.717) is 0 Å². The predicted octanol–water partition coefficient (Wildman–Crippen LogP) is 0.967. The van der Waals surface area contributed by atoms with Crippen LogP contribution < -0.4 is 15.8 Å². The van der Waals surface area contributed by atoms with Crippen LogP contribution in [0.3, 0.4) is 0 Å². The van der Waals surface area contributed by atoms with Gasteiger partial charge < -0.3 is 5.32 Å². The Morgan fingerprint density at radius 2 is 1.85 bits per heavy atom. The highest BCUT2D eigenvalue weighted by Gasteiger charge is 2.10. The number of nitrogens with zero attached hydrogens (tertiary/aromatic N) is 1. The lowest BCUT2D eigenvalue weighted by molar-refractivity contribution is 0.246. The van der Waals surface area contributed by atoms with Crippen molar-refractivity contribution in [3.05, 3.63) is 30.3 Å². The number of hydrogen-bond acceptors (Lipinski definition) is 2. The van der Waals surface area contributed by atoms with Gasteiger partial charge in [0.15, 0.2) is 0 Å². The summed E-state index contributed by atoms with van der Waals surface area (Å²) in [4.78, 5) is 11.3. The Morgan fingerprint density at radius 3 is 2.31 bits per heavy atom. The van der Waals surface area contributed by atoms with Crippen molar-refractivity contribution < 1.29 is 4.79 Å². The molecule has 2 N–H and O–H groups in total. The van der Waals surface area contributed by atoms with Crippen molar-refractivity contribution in [1.82, 2.24) is 10.7 Å². The number of para-hydroxylation sites is 1. The van der Waals surface area contributed by atoms with Gasteiger partial charge in [0.25, 0.3) is 0 Å². The minimum Gasteiger partial charge on any atom is -0.340 e. The molecule has 2 amide bonds. The van der Waals surface area contributed by atoms with Crippen LogP contribution in [0, 0.1) is 0 Å². The monoisotopic (exact) mass is 179 g/mol. The minimum atomic E-state index is -0.186. The van der Waals surface area contributed by atoms with E-state index in [1.165, 1.54) is 5.01 Å². The Morgan fingerprint density at radius 1 is 1.23 bits per heavy atom. The largest absolute Gasteiger partial charge is 0.340 e. The zero-order valence-electron chi connectivity index (χ0n) is 7.74. The highest BCUT2D eigenvalue weighted by atomic mass is 16.2. The molecule has 0 bridgehead atoms. The third kappa shape index (κ3) is 2.19. The molecule has 0 atom stereocenters. The standard InChI is InChI=1S/C9H13N3O/c1-10-9(13)12(11-2)8-6-4-3-5-7-8/h3-7,11H,1-2H3,(H,10,13). The molecule has 4 heteroatoms. The van der Waals surface area contributed by atoms with Crippen molar-refractivity contribution >= 4 is 11.7 Å². The van der Waals surface area contributed by atoms with Gasteiger partial charge in [0, 0.05) is 14.1 Å². The van der Waals surface area contributed by atoms with Gasteiger partial charge in [-0.05, 0) is 12.1 Å². The molecular weight excluding hydrogens is 166 g/mol. The van der Waals surface area contributed by atoms with Gasteiger partial charge in [-0.2, -0.15) is 0 Å². The van der Waals surface area contributed by atoms with Gasteiger partial charge in [0.2, 0.25) is 0 Å². The van der Waals surface area contributed by atoms with Gasteiger partial charge in [0.1, 0.15) is 0 Å². The molecule has 0 aliphatic rings. The fraction of sp³-hybridized carbons (Fsp3) is 0.222. The zero-order valence-corrected chi connectivity index (χ0v) is 7.74. The highest BCUT2D eigenvalue weighted by Crippen LogP contribution is 2.09. The lowest BCUT2D eigenvalue weighted by Gasteiger charge is -2.20. The summed E-state index contributed by atoms with van der Waals surface area (Å²) in [5.41, 5.74) is 3.60. The van der Waals surface area contributed by atoms with Crippen LogP contribution in [-0.2, 0) is 0 Å². The number of carbonyl (C=O) groups excluding carboxylic acids is 1. The summed E-state index contributed by atoms with van der Waals surface area (Å²) < 4.78 is 0. The van der Waals surface area contributed by atoms with Crippen LogP contribution in [0.15, 0.2) is 30.3 Å². The number of benzene rings is 1. The summed E-state index contributed by atoms with van der Waals surface area (Å²) >= 11 is 0. The molecule has 0 spiro atoms. The molecule has 0 aliphatic carbocycles. The van der Waals surface area contributed by atoms with E-state index in [4.69, 9.17) is 0 Å². The van der Waals surface area contributed by atoms with Crippen LogP contribution in [0.25, 0.3) is 0 Å². The number of hydrazine groups is 1. The van der Waals surface area contributed by atoms with E-state index in [-0.39, 0.29) is 6.03 Å². The molecule has 1 rings (SSSR count). The van der Waals surface area contributed by atoms with Gasteiger partial charge >= 0.3 is 6.03 Å². The molecule has 1 aromatic rings. The number of rotatable bonds is 2. The molecule has 0 fully saturated rings. The van der Waals surface area contributed by atoms with Crippen LogP contribution in [0.5, 0.6) is 0 Å². The second-order valence-electron chi connectivity index (χ2n) is 2.45. The third-order valence-electron chi connectivity index (χ3n) is 1.65.